The molecular weight excluding hydrogens is 274 g/mol. The first-order valence-corrected chi connectivity index (χ1v) is 7.56. The van der Waals surface area contributed by atoms with E-state index in [0.29, 0.717) is 6.79 Å². The molecule has 0 saturated heterocycles. The van der Waals surface area contributed by atoms with Gasteiger partial charge in [0.2, 0.25) is 0 Å². The predicted molar refractivity (Wildman–Crippen MR) is 82.2 cm³/mol. The van der Waals surface area contributed by atoms with Crippen LogP contribution in [-0.2, 0) is 11.3 Å². The molecule has 0 heterocycles. The fourth-order valence-corrected chi connectivity index (χ4v) is 1.99. The molecule has 0 spiro atoms. The molecule has 20 heavy (non-hydrogen) atoms. The molecule has 1 aromatic carbocycles. The first kappa shape index (κ1) is 15.6. The molecule has 1 N–H and O–H groups in total. The zero-order valence-electron chi connectivity index (χ0n) is 12.5. The third kappa shape index (κ3) is 5.70. The standard InChI is InChI=1S/C16H24ClNO2/c1-16(2,3)18-9-13-8-14(17)6-7-15(13)20-11-19-10-12-4-5-12/h6-8,12,18H,4-5,9-11H2,1-3H3. The summed E-state index contributed by atoms with van der Waals surface area (Å²) in [6, 6.07) is 5.69. The molecule has 1 aliphatic carbocycles. The maximum atomic E-state index is 6.06. The van der Waals surface area contributed by atoms with Crippen LogP contribution in [0, 0.1) is 5.92 Å². The van der Waals surface area contributed by atoms with Gasteiger partial charge >= 0.3 is 0 Å². The van der Waals surface area contributed by atoms with Gasteiger partial charge in [0.25, 0.3) is 0 Å². The van der Waals surface area contributed by atoms with Gasteiger partial charge in [0, 0.05) is 22.7 Å². The van der Waals surface area contributed by atoms with Crippen molar-refractivity contribution in [2.45, 2.75) is 45.7 Å². The fourth-order valence-electron chi connectivity index (χ4n) is 1.79. The minimum atomic E-state index is 0.0576. The van der Waals surface area contributed by atoms with Crippen molar-refractivity contribution in [3.05, 3.63) is 28.8 Å². The van der Waals surface area contributed by atoms with Gasteiger partial charge in [-0.15, -0.1) is 0 Å². The second kappa shape index (κ2) is 6.79. The Kier molecular flexibility index (Phi) is 5.30. The maximum absolute atomic E-state index is 6.06. The molecule has 0 aromatic heterocycles. The molecule has 0 bridgehead atoms. The van der Waals surface area contributed by atoms with Crippen molar-refractivity contribution in [3.63, 3.8) is 0 Å². The number of halogens is 1. The Hall–Kier alpha value is -0.770. The minimum Gasteiger partial charge on any atom is -0.467 e. The highest BCUT2D eigenvalue weighted by Crippen LogP contribution is 2.29. The van der Waals surface area contributed by atoms with E-state index in [0.717, 1.165) is 35.4 Å². The second-order valence-corrected chi connectivity index (χ2v) is 6.87. The van der Waals surface area contributed by atoms with Crippen LogP contribution in [0.5, 0.6) is 5.75 Å². The van der Waals surface area contributed by atoms with Crippen LogP contribution in [-0.4, -0.2) is 18.9 Å². The second-order valence-electron chi connectivity index (χ2n) is 6.43. The first-order chi connectivity index (χ1) is 9.44. The minimum absolute atomic E-state index is 0.0576. The normalized spacial score (nSPS) is 15.4. The van der Waals surface area contributed by atoms with Gasteiger partial charge in [-0.25, -0.2) is 0 Å². The summed E-state index contributed by atoms with van der Waals surface area (Å²) in [5.41, 5.74) is 1.12. The Bertz CT molecular complexity index is 439. The van der Waals surface area contributed by atoms with Crippen LogP contribution < -0.4 is 10.1 Å². The van der Waals surface area contributed by atoms with Crippen LogP contribution >= 0.6 is 11.6 Å². The van der Waals surface area contributed by atoms with E-state index >= 15 is 0 Å². The molecule has 0 radical (unpaired) electrons. The zero-order chi connectivity index (χ0) is 14.6. The summed E-state index contributed by atoms with van der Waals surface area (Å²) in [5, 5.41) is 4.17. The fraction of sp³-hybridized carbons (Fsp3) is 0.625. The van der Waals surface area contributed by atoms with Crippen LogP contribution in [0.1, 0.15) is 39.2 Å². The Balaban J connectivity index is 1.88. The maximum Gasteiger partial charge on any atom is 0.189 e. The molecule has 0 unspecified atom stereocenters. The Morgan fingerprint density at radius 3 is 2.70 bits per heavy atom. The van der Waals surface area contributed by atoms with Crippen LogP contribution in [0.2, 0.25) is 5.02 Å². The number of ether oxygens (including phenoxy) is 2. The van der Waals surface area contributed by atoms with Crippen molar-refractivity contribution in [1.29, 1.82) is 0 Å². The summed E-state index contributed by atoms with van der Waals surface area (Å²) < 4.78 is 11.2. The van der Waals surface area contributed by atoms with Crippen LogP contribution in [0.4, 0.5) is 0 Å². The molecule has 4 heteroatoms. The van der Waals surface area contributed by atoms with E-state index in [2.05, 4.69) is 26.1 Å². The number of rotatable bonds is 7. The van der Waals surface area contributed by atoms with Crippen LogP contribution in [0.3, 0.4) is 0 Å². The lowest BCUT2D eigenvalue weighted by Gasteiger charge is -2.21. The van der Waals surface area contributed by atoms with E-state index in [1.54, 1.807) is 0 Å². The van der Waals surface area contributed by atoms with Gasteiger partial charge in [0.1, 0.15) is 5.75 Å². The Labute approximate surface area is 126 Å². The molecule has 0 atom stereocenters. The molecule has 1 fully saturated rings. The summed E-state index contributed by atoms with van der Waals surface area (Å²) in [4.78, 5) is 0. The highest BCUT2D eigenvalue weighted by atomic mass is 35.5. The van der Waals surface area contributed by atoms with Crippen molar-refractivity contribution >= 4 is 11.6 Å². The van der Waals surface area contributed by atoms with Gasteiger partial charge in [-0.05, 0) is 57.7 Å². The summed E-state index contributed by atoms with van der Waals surface area (Å²) >= 11 is 6.06. The van der Waals surface area contributed by atoms with Crippen molar-refractivity contribution in [3.8, 4) is 5.75 Å². The van der Waals surface area contributed by atoms with E-state index in [9.17, 15) is 0 Å². The molecule has 2 rings (SSSR count). The zero-order valence-corrected chi connectivity index (χ0v) is 13.3. The molecule has 0 aliphatic heterocycles. The van der Waals surface area contributed by atoms with Crippen molar-refractivity contribution in [2.75, 3.05) is 13.4 Å². The largest absolute Gasteiger partial charge is 0.467 e. The molecule has 0 amide bonds. The van der Waals surface area contributed by atoms with Gasteiger partial charge in [-0.1, -0.05) is 11.6 Å². The first-order valence-electron chi connectivity index (χ1n) is 7.18. The van der Waals surface area contributed by atoms with E-state index < -0.39 is 0 Å². The van der Waals surface area contributed by atoms with Crippen molar-refractivity contribution < 1.29 is 9.47 Å². The number of nitrogens with one attached hydrogen (secondary N) is 1. The van der Waals surface area contributed by atoms with Gasteiger partial charge in [-0.2, -0.15) is 0 Å². The van der Waals surface area contributed by atoms with Gasteiger partial charge in [0.05, 0.1) is 6.61 Å². The van der Waals surface area contributed by atoms with Crippen molar-refractivity contribution in [1.82, 2.24) is 5.32 Å². The number of hydrogen-bond acceptors (Lipinski definition) is 3. The third-order valence-corrected chi connectivity index (χ3v) is 3.42. The Morgan fingerprint density at radius 2 is 2.05 bits per heavy atom. The van der Waals surface area contributed by atoms with E-state index in [1.165, 1.54) is 12.8 Å². The molecule has 1 aromatic rings. The average molecular weight is 298 g/mol. The molecule has 1 aliphatic rings. The SMILES string of the molecule is CC(C)(C)NCc1cc(Cl)ccc1OCOCC1CC1. The summed E-state index contributed by atoms with van der Waals surface area (Å²) in [7, 11) is 0. The lowest BCUT2D eigenvalue weighted by atomic mass is 10.1. The highest BCUT2D eigenvalue weighted by molar-refractivity contribution is 6.30. The van der Waals surface area contributed by atoms with Crippen LogP contribution in [0.25, 0.3) is 0 Å². The lowest BCUT2D eigenvalue weighted by Crippen LogP contribution is -2.35. The summed E-state index contributed by atoms with van der Waals surface area (Å²) in [5.74, 6) is 1.59. The summed E-state index contributed by atoms with van der Waals surface area (Å²) in [6.07, 6.45) is 2.59. The highest BCUT2D eigenvalue weighted by Gasteiger charge is 2.21. The molecule has 3 nitrogen and oxygen atoms in total. The van der Waals surface area contributed by atoms with E-state index in [1.807, 2.05) is 18.2 Å². The van der Waals surface area contributed by atoms with Gasteiger partial charge in [-0.3, -0.25) is 0 Å². The van der Waals surface area contributed by atoms with Gasteiger partial charge in [0.15, 0.2) is 6.79 Å². The molecule has 1 saturated carbocycles. The molecule has 112 valence electrons. The number of hydrogen-bond donors (Lipinski definition) is 1. The average Bonchev–Trinajstić information content (AvgIpc) is 3.17. The van der Waals surface area contributed by atoms with E-state index in [-0.39, 0.29) is 5.54 Å². The lowest BCUT2D eigenvalue weighted by molar-refractivity contribution is 0.00938. The predicted octanol–water partition coefficient (Wildman–Crippen LogP) is 3.99. The topological polar surface area (TPSA) is 30.5 Å². The third-order valence-electron chi connectivity index (χ3n) is 3.18. The quantitative estimate of drug-likeness (QED) is 0.610. The monoisotopic (exact) mass is 297 g/mol. The number of benzene rings is 1. The van der Waals surface area contributed by atoms with Crippen LogP contribution in [0.15, 0.2) is 18.2 Å². The van der Waals surface area contributed by atoms with Gasteiger partial charge < -0.3 is 14.8 Å². The summed E-state index contributed by atoms with van der Waals surface area (Å²) in [6.45, 7) is 8.25. The van der Waals surface area contributed by atoms with E-state index in [4.69, 9.17) is 21.1 Å². The molecular formula is C16H24ClNO2. The smallest absolute Gasteiger partial charge is 0.189 e. The van der Waals surface area contributed by atoms with Crippen molar-refractivity contribution in [2.24, 2.45) is 5.92 Å². The Morgan fingerprint density at radius 1 is 1.30 bits per heavy atom.